The molecule has 21 heavy (non-hydrogen) atoms. The van der Waals surface area contributed by atoms with Crippen LogP contribution in [0.25, 0.3) is 0 Å². The first-order chi connectivity index (χ1) is 10.2. The molecule has 117 valence electrons. The van der Waals surface area contributed by atoms with Crippen molar-refractivity contribution in [3.8, 4) is 0 Å². The van der Waals surface area contributed by atoms with E-state index in [-0.39, 0.29) is 22.5 Å². The molecule has 0 radical (unpaired) electrons. The van der Waals surface area contributed by atoms with Gasteiger partial charge < -0.3 is 0 Å². The van der Waals surface area contributed by atoms with Gasteiger partial charge in [-0.25, -0.2) is 0 Å². The Morgan fingerprint density at radius 2 is 1.95 bits per heavy atom. The van der Waals surface area contributed by atoms with Gasteiger partial charge in [-0.3, -0.25) is 0 Å². The molecule has 1 heterocycles. The van der Waals surface area contributed by atoms with Crippen LogP contribution in [0.5, 0.6) is 0 Å². The summed E-state index contributed by atoms with van der Waals surface area (Å²) in [5, 5.41) is 1.61. The third-order valence-electron chi connectivity index (χ3n) is 3.99. The number of allylic oxidation sites excluding steroid dienone is 1. The van der Waals surface area contributed by atoms with E-state index in [0.29, 0.717) is 0 Å². The second kappa shape index (κ2) is 9.81. The second-order valence-electron chi connectivity index (χ2n) is 5.68. The Labute approximate surface area is 142 Å². The fourth-order valence-electron chi connectivity index (χ4n) is 2.79. The minimum atomic E-state index is -0.0316. The van der Waals surface area contributed by atoms with Gasteiger partial charge >= 0.3 is 142 Å². The van der Waals surface area contributed by atoms with Gasteiger partial charge in [-0.2, -0.15) is 0 Å². The summed E-state index contributed by atoms with van der Waals surface area (Å²) in [6, 6.07) is 11.3. The van der Waals surface area contributed by atoms with E-state index in [1.54, 1.807) is 5.30 Å². The van der Waals surface area contributed by atoms with Gasteiger partial charge in [0, 0.05) is 0 Å². The third kappa shape index (κ3) is 6.05. The molecule has 2 rings (SSSR count). The maximum atomic E-state index is 4.53. The third-order valence-corrected chi connectivity index (χ3v) is 14.0. The van der Waals surface area contributed by atoms with Gasteiger partial charge in [0.25, 0.3) is 0 Å². The van der Waals surface area contributed by atoms with Crippen LogP contribution in [-0.4, -0.2) is 42.6 Å². The molecule has 0 aromatic heterocycles. The topological polar surface area (TPSA) is 0 Å². The zero-order valence-corrected chi connectivity index (χ0v) is 16.7. The molecule has 0 saturated carbocycles. The molecule has 0 bridgehead atoms. The first-order valence-electron chi connectivity index (χ1n) is 7.75. The fraction of sp³-hybridized carbons (Fsp3) is 0.529. The molecule has 4 heteroatoms. The van der Waals surface area contributed by atoms with Gasteiger partial charge in [0.15, 0.2) is 0 Å². The van der Waals surface area contributed by atoms with Gasteiger partial charge in [-0.1, -0.05) is 0 Å². The van der Waals surface area contributed by atoms with E-state index < -0.39 is 0 Å². The van der Waals surface area contributed by atoms with Crippen molar-refractivity contribution in [2.24, 2.45) is 0 Å². The average Bonchev–Trinajstić information content (AvgIpc) is 2.51. The monoisotopic (exact) mass is 379 g/mol. The van der Waals surface area contributed by atoms with Crippen molar-refractivity contribution >= 4 is 27.8 Å². The number of rotatable bonds is 3. The molecule has 4 unspecified atom stereocenters. The molecule has 0 nitrogen and oxygen atoms in total. The summed E-state index contributed by atoms with van der Waals surface area (Å²) < 4.78 is 0. The summed E-state index contributed by atoms with van der Waals surface area (Å²) in [7, 11) is 0.218. The van der Waals surface area contributed by atoms with Crippen molar-refractivity contribution in [3.63, 3.8) is 0 Å². The molecule has 0 N–H and O–H groups in total. The first-order valence-corrected chi connectivity index (χ1v) is 14.3. The van der Waals surface area contributed by atoms with E-state index >= 15 is 0 Å². The second-order valence-corrected chi connectivity index (χ2v) is 14.7. The van der Waals surface area contributed by atoms with E-state index in [0.717, 1.165) is 5.66 Å². The molecule has 1 aromatic carbocycles. The van der Waals surface area contributed by atoms with E-state index in [9.17, 15) is 0 Å². The van der Waals surface area contributed by atoms with Crippen LogP contribution >= 0.6 is 22.5 Å². The zero-order chi connectivity index (χ0) is 15.1. The molecule has 4 atom stereocenters. The Morgan fingerprint density at radius 3 is 2.67 bits per heavy atom. The molecule has 1 aliphatic rings. The normalized spacial score (nSPS) is 31.5. The number of hydrogen-bond acceptors (Lipinski definition) is 0. The summed E-state index contributed by atoms with van der Waals surface area (Å²) in [6.07, 6.45) is 11.9. The SMILES string of the molecule is C=CCP1CCCP(c2ccccc2)CC(C)[P]([Fe])CC1. The number of benzene rings is 1. The maximum absolute atomic E-state index is 4.53. The van der Waals surface area contributed by atoms with Gasteiger partial charge in [0.05, 0.1) is 0 Å². The van der Waals surface area contributed by atoms with E-state index in [2.05, 4.69) is 65.5 Å². The van der Waals surface area contributed by atoms with Gasteiger partial charge in [-0.05, 0) is 0 Å². The Kier molecular flexibility index (Phi) is 8.46. The molecular weight excluding hydrogens is 353 g/mol. The fourth-order valence-corrected chi connectivity index (χ4v) is 12.4. The Morgan fingerprint density at radius 1 is 1.19 bits per heavy atom. The average molecular weight is 379 g/mol. The van der Waals surface area contributed by atoms with Gasteiger partial charge in [0.2, 0.25) is 0 Å². The van der Waals surface area contributed by atoms with Crippen LogP contribution < -0.4 is 5.30 Å². The molecule has 1 aromatic rings. The molecule has 1 aliphatic heterocycles. The Bertz CT molecular complexity index is 423. The Hall–Kier alpha value is 0.769. The minimum absolute atomic E-state index is 0.0271. The van der Waals surface area contributed by atoms with Crippen molar-refractivity contribution in [1.29, 1.82) is 0 Å². The van der Waals surface area contributed by atoms with Crippen molar-refractivity contribution in [3.05, 3.63) is 43.0 Å². The van der Waals surface area contributed by atoms with Gasteiger partial charge in [0.1, 0.15) is 0 Å². The van der Waals surface area contributed by atoms with Crippen LogP contribution in [0.4, 0.5) is 0 Å². The molecule has 0 amide bonds. The quantitative estimate of drug-likeness (QED) is 0.385. The van der Waals surface area contributed by atoms with Crippen LogP contribution in [0.15, 0.2) is 43.0 Å². The summed E-state index contributed by atoms with van der Waals surface area (Å²) in [5.74, 6) is 0. The molecule has 0 aliphatic carbocycles. The summed E-state index contributed by atoms with van der Waals surface area (Å²) in [5.41, 5.74) is 0.824. The van der Waals surface area contributed by atoms with E-state index in [1.807, 2.05) is 0 Å². The predicted molar refractivity (Wildman–Crippen MR) is 100 cm³/mol. The van der Waals surface area contributed by atoms with Crippen LogP contribution in [0.3, 0.4) is 0 Å². The summed E-state index contributed by atoms with van der Waals surface area (Å²) in [6.45, 7) is 6.38. The molecule has 1 saturated heterocycles. The van der Waals surface area contributed by atoms with E-state index in [4.69, 9.17) is 0 Å². The predicted octanol–water partition coefficient (Wildman–Crippen LogP) is 5.20. The first kappa shape index (κ1) is 18.1. The summed E-state index contributed by atoms with van der Waals surface area (Å²) >= 11 is 4.53. The molecule has 0 spiro atoms. The van der Waals surface area contributed by atoms with Gasteiger partial charge in [-0.15, -0.1) is 0 Å². The molecule has 1 fully saturated rings. The van der Waals surface area contributed by atoms with Crippen LogP contribution in [0.2, 0.25) is 0 Å². The Balaban J connectivity index is 2.07. The van der Waals surface area contributed by atoms with Crippen LogP contribution in [-0.2, 0) is 15.6 Å². The van der Waals surface area contributed by atoms with Crippen molar-refractivity contribution < 1.29 is 15.6 Å². The van der Waals surface area contributed by atoms with E-state index in [1.165, 1.54) is 43.4 Å². The van der Waals surface area contributed by atoms with Crippen LogP contribution in [0, 0.1) is 0 Å². The van der Waals surface area contributed by atoms with Crippen molar-refractivity contribution in [1.82, 2.24) is 0 Å². The standard InChI is InChI=1S/C17H26P3.Fe/c1-3-11-19-12-7-13-20(15-16(2)18-10-14-19)17-8-5-4-6-9-17;/h3-6,8-9,16H,1,7,10-15H2,2H3;/q-1;+1. The summed E-state index contributed by atoms with van der Waals surface area (Å²) in [4.78, 5) is 0. The zero-order valence-electron chi connectivity index (χ0n) is 12.9. The van der Waals surface area contributed by atoms with Crippen molar-refractivity contribution in [2.75, 3.05) is 37.0 Å². The van der Waals surface area contributed by atoms with Crippen molar-refractivity contribution in [2.45, 2.75) is 19.0 Å². The van der Waals surface area contributed by atoms with Crippen LogP contribution in [0.1, 0.15) is 13.3 Å². The molecular formula is C17H26FeP3. The number of hydrogen-bond donors (Lipinski definition) is 0.